The lowest BCUT2D eigenvalue weighted by atomic mass is 9.95. The molecule has 1 fully saturated rings. The Labute approximate surface area is 129 Å². The van der Waals surface area contributed by atoms with Crippen molar-refractivity contribution in [3.63, 3.8) is 0 Å². The summed E-state index contributed by atoms with van der Waals surface area (Å²) in [5.74, 6) is 0.868. The zero-order valence-corrected chi connectivity index (χ0v) is 13.4. The Bertz CT molecular complexity index is 588. The molecule has 21 heavy (non-hydrogen) atoms. The fraction of sp³-hybridized carbons (Fsp3) is 0.429. The summed E-state index contributed by atoms with van der Waals surface area (Å²) in [6, 6.07) is 16.4. The SMILES string of the molecule is CCc1ccc(CCc2ccc(C3CC3)cc2)c(CC)c1. The zero-order chi connectivity index (χ0) is 14.7. The average molecular weight is 278 g/mol. The molecule has 3 rings (SSSR count). The van der Waals surface area contributed by atoms with Gasteiger partial charge >= 0.3 is 0 Å². The highest BCUT2D eigenvalue weighted by Gasteiger charge is 2.22. The molecular formula is C21H26. The highest BCUT2D eigenvalue weighted by atomic mass is 14.3. The number of rotatable bonds is 6. The minimum absolute atomic E-state index is 0.868. The maximum atomic E-state index is 2.39. The van der Waals surface area contributed by atoms with Crippen LogP contribution >= 0.6 is 0 Å². The molecule has 0 spiro atoms. The monoisotopic (exact) mass is 278 g/mol. The maximum Gasteiger partial charge on any atom is -0.0162 e. The van der Waals surface area contributed by atoms with E-state index in [4.69, 9.17) is 0 Å². The summed E-state index contributed by atoms with van der Waals surface area (Å²) < 4.78 is 0. The standard InChI is InChI=1S/C21H26/c1-3-16-5-9-19(18(4-2)15-16)10-6-17-7-11-20(12-8-17)21-13-14-21/h5,7-9,11-12,15,21H,3-4,6,10,13-14H2,1-2H3. The molecule has 0 atom stereocenters. The minimum atomic E-state index is 0.868. The molecule has 0 aliphatic heterocycles. The predicted octanol–water partition coefficient (Wildman–Crippen LogP) is 5.47. The Hall–Kier alpha value is -1.56. The van der Waals surface area contributed by atoms with Crippen molar-refractivity contribution in [1.82, 2.24) is 0 Å². The summed E-state index contributed by atoms with van der Waals surface area (Å²) in [4.78, 5) is 0. The van der Waals surface area contributed by atoms with Gasteiger partial charge in [-0.25, -0.2) is 0 Å². The van der Waals surface area contributed by atoms with Gasteiger partial charge in [0.2, 0.25) is 0 Å². The lowest BCUT2D eigenvalue weighted by Crippen LogP contribution is -1.98. The highest BCUT2D eigenvalue weighted by molar-refractivity contribution is 5.34. The first-order valence-electron chi connectivity index (χ1n) is 8.49. The summed E-state index contributed by atoms with van der Waals surface area (Å²) in [6.45, 7) is 4.50. The molecular weight excluding hydrogens is 252 g/mol. The van der Waals surface area contributed by atoms with Gasteiger partial charge < -0.3 is 0 Å². The van der Waals surface area contributed by atoms with E-state index < -0.39 is 0 Å². The first-order valence-corrected chi connectivity index (χ1v) is 8.49. The van der Waals surface area contributed by atoms with Crippen molar-refractivity contribution in [3.8, 4) is 0 Å². The van der Waals surface area contributed by atoms with Crippen LogP contribution in [-0.2, 0) is 25.7 Å². The molecule has 2 aromatic rings. The van der Waals surface area contributed by atoms with Crippen molar-refractivity contribution in [2.75, 3.05) is 0 Å². The first kappa shape index (κ1) is 14.4. The molecule has 0 heterocycles. The summed E-state index contributed by atoms with van der Waals surface area (Å²) in [5.41, 5.74) is 7.54. The molecule has 2 aromatic carbocycles. The van der Waals surface area contributed by atoms with Crippen molar-refractivity contribution in [2.24, 2.45) is 0 Å². The Kier molecular flexibility index (Phi) is 4.43. The van der Waals surface area contributed by atoms with E-state index in [-0.39, 0.29) is 0 Å². The van der Waals surface area contributed by atoms with Crippen molar-refractivity contribution in [2.45, 2.75) is 58.3 Å². The molecule has 110 valence electrons. The Morgan fingerprint density at radius 3 is 2.10 bits per heavy atom. The van der Waals surface area contributed by atoms with Gasteiger partial charge in [0.1, 0.15) is 0 Å². The molecule has 0 nitrogen and oxygen atoms in total. The molecule has 0 bridgehead atoms. The van der Waals surface area contributed by atoms with E-state index in [0.717, 1.165) is 31.6 Å². The third kappa shape index (κ3) is 3.56. The normalized spacial score (nSPS) is 14.4. The summed E-state index contributed by atoms with van der Waals surface area (Å²) in [6.07, 6.45) is 7.38. The van der Waals surface area contributed by atoms with Crippen LogP contribution in [0.4, 0.5) is 0 Å². The Balaban J connectivity index is 1.66. The van der Waals surface area contributed by atoms with Crippen molar-refractivity contribution in [3.05, 3.63) is 70.3 Å². The second kappa shape index (κ2) is 6.47. The summed E-state index contributed by atoms with van der Waals surface area (Å²) in [7, 11) is 0. The molecule has 0 unspecified atom stereocenters. The zero-order valence-electron chi connectivity index (χ0n) is 13.4. The summed E-state index contributed by atoms with van der Waals surface area (Å²) in [5, 5.41) is 0. The Morgan fingerprint density at radius 1 is 0.762 bits per heavy atom. The van der Waals surface area contributed by atoms with Crippen molar-refractivity contribution >= 4 is 0 Å². The second-order valence-electron chi connectivity index (χ2n) is 6.33. The van der Waals surface area contributed by atoms with Gasteiger partial charge in [0, 0.05) is 0 Å². The minimum Gasteiger partial charge on any atom is -0.0613 e. The molecule has 1 saturated carbocycles. The van der Waals surface area contributed by atoms with Crippen LogP contribution in [-0.4, -0.2) is 0 Å². The van der Waals surface area contributed by atoms with E-state index in [1.807, 2.05) is 0 Å². The van der Waals surface area contributed by atoms with Crippen LogP contribution in [0.25, 0.3) is 0 Å². The van der Waals surface area contributed by atoms with E-state index in [0.29, 0.717) is 0 Å². The molecule has 0 heteroatoms. The average Bonchev–Trinajstić information content (AvgIpc) is 3.38. The van der Waals surface area contributed by atoms with Crippen LogP contribution < -0.4 is 0 Å². The van der Waals surface area contributed by atoms with Gasteiger partial charge in [-0.1, -0.05) is 56.3 Å². The molecule has 0 amide bonds. The van der Waals surface area contributed by atoms with Crippen LogP contribution in [0.15, 0.2) is 42.5 Å². The smallest absolute Gasteiger partial charge is 0.0162 e. The van der Waals surface area contributed by atoms with Crippen LogP contribution in [0.1, 0.15) is 60.4 Å². The fourth-order valence-corrected chi connectivity index (χ4v) is 3.12. The lowest BCUT2D eigenvalue weighted by molar-refractivity contribution is 0.923. The van der Waals surface area contributed by atoms with Crippen LogP contribution in [0.2, 0.25) is 0 Å². The third-order valence-corrected chi connectivity index (χ3v) is 4.77. The van der Waals surface area contributed by atoms with E-state index in [1.54, 1.807) is 5.56 Å². The number of aryl methyl sites for hydroxylation is 4. The van der Waals surface area contributed by atoms with Gasteiger partial charge in [0.15, 0.2) is 0 Å². The van der Waals surface area contributed by atoms with Crippen LogP contribution in [0.3, 0.4) is 0 Å². The molecule has 0 saturated heterocycles. The van der Waals surface area contributed by atoms with E-state index >= 15 is 0 Å². The fourth-order valence-electron chi connectivity index (χ4n) is 3.12. The van der Waals surface area contributed by atoms with E-state index in [1.165, 1.54) is 35.1 Å². The maximum absolute atomic E-state index is 2.39. The van der Waals surface area contributed by atoms with Crippen molar-refractivity contribution < 1.29 is 0 Å². The number of hydrogen-bond donors (Lipinski definition) is 0. The lowest BCUT2D eigenvalue weighted by Gasteiger charge is -2.10. The van der Waals surface area contributed by atoms with Crippen molar-refractivity contribution in [1.29, 1.82) is 0 Å². The van der Waals surface area contributed by atoms with Gasteiger partial charge in [0.05, 0.1) is 0 Å². The van der Waals surface area contributed by atoms with Gasteiger partial charge in [-0.15, -0.1) is 0 Å². The number of hydrogen-bond acceptors (Lipinski definition) is 0. The largest absolute Gasteiger partial charge is 0.0613 e. The van der Waals surface area contributed by atoms with Crippen LogP contribution in [0.5, 0.6) is 0 Å². The highest BCUT2D eigenvalue weighted by Crippen LogP contribution is 2.39. The quantitative estimate of drug-likeness (QED) is 0.657. The van der Waals surface area contributed by atoms with Gasteiger partial charge in [-0.3, -0.25) is 0 Å². The summed E-state index contributed by atoms with van der Waals surface area (Å²) >= 11 is 0. The molecule has 0 aromatic heterocycles. The molecule has 0 radical (unpaired) electrons. The predicted molar refractivity (Wildman–Crippen MR) is 91.0 cm³/mol. The van der Waals surface area contributed by atoms with E-state index in [2.05, 4.69) is 56.3 Å². The Morgan fingerprint density at radius 2 is 1.48 bits per heavy atom. The third-order valence-electron chi connectivity index (χ3n) is 4.77. The van der Waals surface area contributed by atoms with Gasteiger partial charge in [0.25, 0.3) is 0 Å². The van der Waals surface area contributed by atoms with Crippen LogP contribution in [0, 0.1) is 0 Å². The number of benzene rings is 2. The van der Waals surface area contributed by atoms with Gasteiger partial charge in [-0.2, -0.15) is 0 Å². The van der Waals surface area contributed by atoms with E-state index in [9.17, 15) is 0 Å². The molecule has 0 N–H and O–H groups in total. The first-order chi connectivity index (χ1) is 10.3. The second-order valence-corrected chi connectivity index (χ2v) is 6.33. The molecule has 1 aliphatic rings. The van der Waals surface area contributed by atoms with Gasteiger partial charge in [-0.05, 0) is 72.3 Å². The topological polar surface area (TPSA) is 0 Å². The molecule has 1 aliphatic carbocycles.